The molecule has 128 valence electrons. The minimum absolute atomic E-state index is 0.0378. The zero-order valence-corrected chi connectivity index (χ0v) is 14.9. The molecule has 0 aliphatic rings. The van der Waals surface area contributed by atoms with Gasteiger partial charge in [-0.05, 0) is 32.0 Å². The van der Waals surface area contributed by atoms with Gasteiger partial charge in [0.25, 0.3) is 5.91 Å². The SMILES string of the molecule is CCNC(=O)[C@H](C)OC(=O)c1cc(S(=O)(=O)N(C)C)ccc1Cl. The lowest BCUT2D eigenvalue weighted by atomic mass is 10.2. The van der Waals surface area contributed by atoms with Crippen LogP contribution in [0.2, 0.25) is 5.02 Å². The van der Waals surface area contributed by atoms with E-state index in [1.807, 2.05) is 0 Å². The maximum Gasteiger partial charge on any atom is 0.340 e. The molecule has 9 heteroatoms. The Labute approximate surface area is 140 Å². The number of hydrogen-bond acceptors (Lipinski definition) is 5. The molecule has 0 radical (unpaired) electrons. The molecule has 1 amide bonds. The monoisotopic (exact) mass is 362 g/mol. The highest BCUT2D eigenvalue weighted by atomic mass is 35.5. The van der Waals surface area contributed by atoms with Crippen LogP contribution in [0, 0.1) is 0 Å². The van der Waals surface area contributed by atoms with Crippen LogP contribution < -0.4 is 5.32 Å². The smallest absolute Gasteiger partial charge is 0.340 e. The number of carbonyl (C=O) groups excluding carboxylic acids is 2. The summed E-state index contributed by atoms with van der Waals surface area (Å²) in [4.78, 5) is 23.6. The van der Waals surface area contributed by atoms with E-state index >= 15 is 0 Å². The molecule has 1 N–H and O–H groups in total. The van der Waals surface area contributed by atoms with Crippen LogP contribution in [0.3, 0.4) is 0 Å². The van der Waals surface area contributed by atoms with Gasteiger partial charge < -0.3 is 10.1 Å². The molecule has 1 aromatic rings. The second-order valence-electron chi connectivity index (χ2n) is 4.87. The summed E-state index contributed by atoms with van der Waals surface area (Å²) in [6.07, 6.45) is -1.02. The van der Waals surface area contributed by atoms with Gasteiger partial charge in [0.05, 0.1) is 15.5 Å². The number of rotatable bonds is 6. The minimum atomic E-state index is -3.72. The van der Waals surface area contributed by atoms with Gasteiger partial charge in [-0.15, -0.1) is 0 Å². The third-order valence-electron chi connectivity index (χ3n) is 2.94. The minimum Gasteiger partial charge on any atom is -0.449 e. The van der Waals surface area contributed by atoms with E-state index in [0.29, 0.717) is 6.54 Å². The summed E-state index contributed by atoms with van der Waals surface area (Å²) in [5, 5.41) is 2.55. The Morgan fingerprint density at radius 2 is 1.96 bits per heavy atom. The highest BCUT2D eigenvalue weighted by molar-refractivity contribution is 7.89. The number of likely N-dealkylation sites (N-methyl/N-ethyl adjacent to an activating group) is 1. The first-order valence-electron chi connectivity index (χ1n) is 6.82. The molecule has 0 saturated carbocycles. The van der Waals surface area contributed by atoms with E-state index in [2.05, 4.69) is 5.32 Å². The molecule has 1 atom stereocenters. The number of ether oxygens (including phenoxy) is 1. The topological polar surface area (TPSA) is 92.8 Å². The maximum absolute atomic E-state index is 12.1. The fourth-order valence-electron chi connectivity index (χ4n) is 1.63. The molecular formula is C14H19ClN2O5S. The van der Waals surface area contributed by atoms with Gasteiger partial charge in [0.1, 0.15) is 0 Å². The van der Waals surface area contributed by atoms with E-state index in [4.69, 9.17) is 16.3 Å². The van der Waals surface area contributed by atoms with E-state index in [-0.39, 0.29) is 15.5 Å². The largest absolute Gasteiger partial charge is 0.449 e. The zero-order chi connectivity index (χ0) is 17.8. The summed E-state index contributed by atoms with van der Waals surface area (Å²) in [5.41, 5.74) is -0.120. The fourth-order valence-corrected chi connectivity index (χ4v) is 2.75. The third-order valence-corrected chi connectivity index (χ3v) is 5.08. The summed E-state index contributed by atoms with van der Waals surface area (Å²) >= 11 is 5.94. The molecule has 0 spiro atoms. The number of carbonyl (C=O) groups is 2. The van der Waals surface area contributed by atoms with Crippen molar-refractivity contribution in [1.29, 1.82) is 0 Å². The average molecular weight is 363 g/mol. The van der Waals surface area contributed by atoms with Crippen LogP contribution >= 0.6 is 11.6 Å². The molecule has 0 aliphatic heterocycles. The quantitative estimate of drug-likeness (QED) is 0.769. The number of amides is 1. The first-order valence-corrected chi connectivity index (χ1v) is 8.63. The van der Waals surface area contributed by atoms with Crippen LogP contribution in [0.25, 0.3) is 0 Å². The Bertz CT molecular complexity index is 703. The molecule has 0 fully saturated rings. The highest BCUT2D eigenvalue weighted by Crippen LogP contribution is 2.23. The molecule has 0 heterocycles. The van der Waals surface area contributed by atoms with Crippen LogP contribution in [-0.2, 0) is 19.6 Å². The van der Waals surface area contributed by atoms with Crippen LogP contribution in [0.1, 0.15) is 24.2 Å². The molecule has 0 bridgehead atoms. The number of nitrogens with zero attached hydrogens (tertiary/aromatic N) is 1. The van der Waals surface area contributed by atoms with Gasteiger partial charge in [-0.3, -0.25) is 4.79 Å². The van der Waals surface area contributed by atoms with E-state index in [1.165, 1.54) is 33.2 Å². The van der Waals surface area contributed by atoms with Gasteiger partial charge in [-0.2, -0.15) is 0 Å². The second kappa shape index (κ2) is 7.76. The van der Waals surface area contributed by atoms with Crippen molar-refractivity contribution in [2.75, 3.05) is 20.6 Å². The molecular weight excluding hydrogens is 344 g/mol. The van der Waals surface area contributed by atoms with Crippen molar-refractivity contribution < 1.29 is 22.7 Å². The van der Waals surface area contributed by atoms with Crippen LogP contribution in [0.5, 0.6) is 0 Å². The summed E-state index contributed by atoms with van der Waals surface area (Å²) in [6.45, 7) is 3.55. The standard InChI is InChI=1S/C14H19ClN2O5S/c1-5-16-13(18)9(2)22-14(19)11-8-10(6-7-12(11)15)23(20,21)17(3)4/h6-9H,5H2,1-4H3,(H,16,18)/t9-/m0/s1. The van der Waals surface area contributed by atoms with E-state index < -0.39 is 28.0 Å². The number of halogens is 1. The van der Waals surface area contributed by atoms with Crippen molar-refractivity contribution >= 4 is 33.5 Å². The van der Waals surface area contributed by atoms with E-state index in [9.17, 15) is 18.0 Å². The van der Waals surface area contributed by atoms with Crippen molar-refractivity contribution in [3.8, 4) is 0 Å². The van der Waals surface area contributed by atoms with Crippen molar-refractivity contribution in [2.24, 2.45) is 0 Å². The van der Waals surface area contributed by atoms with Crippen molar-refractivity contribution in [3.05, 3.63) is 28.8 Å². The van der Waals surface area contributed by atoms with Gasteiger partial charge in [0, 0.05) is 20.6 Å². The molecule has 0 aliphatic carbocycles. The Balaban J connectivity index is 3.09. The normalized spacial score (nSPS) is 12.8. The predicted octanol–water partition coefficient (Wildman–Crippen LogP) is 1.27. The summed E-state index contributed by atoms with van der Waals surface area (Å²) < 4.78 is 30.2. The Morgan fingerprint density at radius 3 is 2.48 bits per heavy atom. The van der Waals surface area contributed by atoms with Gasteiger partial charge in [0.2, 0.25) is 10.0 Å². The molecule has 1 rings (SSSR count). The van der Waals surface area contributed by atoms with E-state index in [0.717, 1.165) is 10.4 Å². The number of hydrogen-bond donors (Lipinski definition) is 1. The van der Waals surface area contributed by atoms with Crippen molar-refractivity contribution in [3.63, 3.8) is 0 Å². The van der Waals surface area contributed by atoms with Gasteiger partial charge >= 0.3 is 5.97 Å². The predicted molar refractivity (Wildman–Crippen MR) is 85.9 cm³/mol. The lowest BCUT2D eigenvalue weighted by Crippen LogP contribution is -2.35. The van der Waals surface area contributed by atoms with Crippen molar-refractivity contribution in [2.45, 2.75) is 24.8 Å². The van der Waals surface area contributed by atoms with Crippen LogP contribution in [0.4, 0.5) is 0 Å². The second-order valence-corrected chi connectivity index (χ2v) is 7.43. The van der Waals surface area contributed by atoms with Crippen LogP contribution in [-0.4, -0.2) is 51.3 Å². The fraction of sp³-hybridized carbons (Fsp3) is 0.429. The number of benzene rings is 1. The Morgan fingerprint density at radius 1 is 1.35 bits per heavy atom. The molecule has 23 heavy (non-hydrogen) atoms. The number of esters is 1. The van der Waals surface area contributed by atoms with Gasteiger partial charge in [0.15, 0.2) is 6.10 Å². The average Bonchev–Trinajstić information content (AvgIpc) is 2.47. The molecule has 0 aromatic heterocycles. The van der Waals surface area contributed by atoms with Gasteiger partial charge in [-0.25, -0.2) is 17.5 Å². The maximum atomic E-state index is 12.1. The molecule has 7 nitrogen and oxygen atoms in total. The Hall–Kier alpha value is -1.64. The highest BCUT2D eigenvalue weighted by Gasteiger charge is 2.24. The first kappa shape index (κ1) is 19.4. The Kier molecular flexibility index (Phi) is 6.55. The summed E-state index contributed by atoms with van der Waals surface area (Å²) in [5.74, 6) is -1.32. The lowest BCUT2D eigenvalue weighted by Gasteiger charge is -2.15. The lowest BCUT2D eigenvalue weighted by molar-refractivity contribution is -0.128. The van der Waals surface area contributed by atoms with Crippen LogP contribution in [0.15, 0.2) is 23.1 Å². The van der Waals surface area contributed by atoms with E-state index in [1.54, 1.807) is 6.92 Å². The third kappa shape index (κ3) is 4.66. The zero-order valence-electron chi connectivity index (χ0n) is 13.3. The summed E-state index contributed by atoms with van der Waals surface area (Å²) in [7, 11) is -0.967. The van der Waals surface area contributed by atoms with Gasteiger partial charge in [-0.1, -0.05) is 11.6 Å². The number of sulfonamides is 1. The number of nitrogens with one attached hydrogen (secondary N) is 1. The molecule has 0 unspecified atom stereocenters. The molecule has 1 aromatic carbocycles. The summed E-state index contributed by atoms with van der Waals surface area (Å²) in [6, 6.07) is 3.72. The first-order chi connectivity index (χ1) is 10.6. The molecule has 0 saturated heterocycles. The van der Waals surface area contributed by atoms with Crippen molar-refractivity contribution in [1.82, 2.24) is 9.62 Å².